The number of ketones is 3. The number of hydrazone groups is 1. The van der Waals surface area contributed by atoms with Gasteiger partial charge in [0.15, 0.2) is 5.78 Å². The van der Waals surface area contributed by atoms with Crippen LogP contribution in [0.4, 0.5) is 0 Å². The van der Waals surface area contributed by atoms with Gasteiger partial charge in [0.25, 0.3) is 5.91 Å². The quantitative estimate of drug-likeness (QED) is 0.245. The first-order valence-electron chi connectivity index (χ1n) is 19.9. The van der Waals surface area contributed by atoms with Gasteiger partial charge in [0.05, 0.1) is 46.4 Å². The second kappa shape index (κ2) is 19.6. The van der Waals surface area contributed by atoms with Gasteiger partial charge < -0.3 is 39.7 Å². The molecule has 1 aliphatic carbocycles. The molecule has 6 rings (SSSR count). The molecule has 1 saturated heterocycles. The van der Waals surface area contributed by atoms with Gasteiger partial charge in [-0.1, -0.05) is 45.9 Å². The molecule has 1 fully saturated rings. The number of amides is 1. The number of phenolic OH excluding ortho intramolecular Hbond substituents is 1. The van der Waals surface area contributed by atoms with Crippen molar-refractivity contribution in [3.05, 3.63) is 69.7 Å². The molecule has 15 nitrogen and oxygen atoms in total. The summed E-state index contributed by atoms with van der Waals surface area (Å²) in [6, 6.07) is 0. The number of carbonyl (C=O) groups is 5. The van der Waals surface area contributed by atoms with Crippen LogP contribution in [0.1, 0.15) is 111 Å². The average Bonchev–Trinajstić information content (AvgIpc) is 3.51. The van der Waals surface area contributed by atoms with Crippen molar-refractivity contribution < 1.29 is 53.5 Å². The Morgan fingerprint density at radius 1 is 1.02 bits per heavy atom. The molecule has 6 atom stereocenters. The molecule has 5 bridgehead atoms. The number of rotatable bonds is 3. The summed E-state index contributed by atoms with van der Waals surface area (Å²) in [6.07, 6.45) is 6.79. The minimum Gasteiger partial charge on any atom is -0.507 e. The highest BCUT2D eigenvalue weighted by atomic mass is 16.7. The number of aromatic hydroxyl groups is 1. The minimum atomic E-state index is -1.55. The van der Waals surface area contributed by atoms with E-state index in [0.29, 0.717) is 51.9 Å². The number of likely N-dealkylation sites (N-methyl/N-ethyl adjacent to an activating group) is 1. The highest BCUT2D eigenvalue weighted by Gasteiger charge is 2.46. The van der Waals surface area contributed by atoms with Crippen LogP contribution < -0.4 is 10.1 Å². The summed E-state index contributed by atoms with van der Waals surface area (Å²) in [5, 5.41) is 42.5. The van der Waals surface area contributed by atoms with E-state index in [2.05, 4.69) is 15.3 Å². The summed E-state index contributed by atoms with van der Waals surface area (Å²) in [7, 11) is 1.97. The summed E-state index contributed by atoms with van der Waals surface area (Å²) < 4.78 is 17.1. The van der Waals surface area contributed by atoms with Crippen LogP contribution in [0.2, 0.25) is 0 Å². The number of ether oxygens (including phenoxy) is 3. The van der Waals surface area contributed by atoms with Crippen molar-refractivity contribution in [1.82, 2.24) is 15.2 Å². The van der Waals surface area contributed by atoms with Crippen molar-refractivity contribution in [3.8, 4) is 11.5 Å². The highest BCUT2D eigenvalue weighted by molar-refractivity contribution is 6.37. The Hall–Kier alpha value is -5.12. The molecule has 4 aliphatic heterocycles. The molecule has 0 spiro atoms. The van der Waals surface area contributed by atoms with Crippen molar-refractivity contribution in [2.24, 2.45) is 16.9 Å². The van der Waals surface area contributed by atoms with Gasteiger partial charge in [0.1, 0.15) is 23.3 Å². The highest BCUT2D eigenvalue weighted by Crippen LogP contribution is 2.46. The number of aliphatic hydroxyl groups is 2. The molecule has 4 N–H and O–H groups in total. The van der Waals surface area contributed by atoms with E-state index in [1.807, 2.05) is 27.8 Å². The molecule has 4 heterocycles. The van der Waals surface area contributed by atoms with E-state index in [9.17, 15) is 39.3 Å². The lowest BCUT2D eigenvalue weighted by Crippen LogP contribution is -2.42. The largest absolute Gasteiger partial charge is 0.507 e. The van der Waals surface area contributed by atoms with Crippen LogP contribution >= 0.6 is 0 Å². The predicted molar refractivity (Wildman–Crippen MR) is 216 cm³/mol. The van der Waals surface area contributed by atoms with Crippen LogP contribution in [0.15, 0.2) is 52.5 Å². The van der Waals surface area contributed by atoms with Crippen molar-refractivity contribution in [1.29, 1.82) is 0 Å². The summed E-state index contributed by atoms with van der Waals surface area (Å²) in [5.41, 5.74) is -3.01. The number of benzene rings is 1. The number of nitrogens with zero attached hydrogens (tertiary/aromatic N) is 3. The Labute approximate surface area is 340 Å². The van der Waals surface area contributed by atoms with Gasteiger partial charge >= 0.3 is 12.3 Å². The van der Waals surface area contributed by atoms with E-state index < -0.39 is 76.3 Å². The summed E-state index contributed by atoms with van der Waals surface area (Å²) >= 11 is 0. The summed E-state index contributed by atoms with van der Waals surface area (Å²) in [6.45, 7) is 15.9. The summed E-state index contributed by atoms with van der Waals surface area (Å²) in [4.78, 5) is 70.3. The van der Waals surface area contributed by atoms with Gasteiger partial charge in [-0.15, -0.1) is 0 Å². The number of nitrogens with one attached hydrogen (secondary N) is 1. The van der Waals surface area contributed by atoms with Gasteiger partial charge in [0, 0.05) is 50.2 Å². The van der Waals surface area contributed by atoms with Crippen molar-refractivity contribution in [3.63, 3.8) is 0 Å². The second-order valence-electron chi connectivity index (χ2n) is 15.2. The van der Waals surface area contributed by atoms with Gasteiger partial charge in [0.2, 0.25) is 11.6 Å². The Bertz CT molecular complexity index is 1920. The first-order chi connectivity index (χ1) is 27.4. The second-order valence-corrected chi connectivity index (χ2v) is 15.2. The van der Waals surface area contributed by atoms with Crippen LogP contribution in [0.5, 0.6) is 11.5 Å². The van der Waals surface area contributed by atoms with Gasteiger partial charge in [-0.25, -0.2) is 0 Å². The van der Waals surface area contributed by atoms with E-state index >= 15 is 0 Å². The van der Waals surface area contributed by atoms with E-state index in [4.69, 9.17) is 14.2 Å². The fraction of sp³-hybridized carbons (Fsp3) is 0.535. The molecule has 5 aliphatic rings. The average molecular weight is 807 g/mol. The Morgan fingerprint density at radius 2 is 1.69 bits per heavy atom. The molecule has 5 unspecified atom stereocenters. The predicted octanol–water partition coefficient (Wildman–Crippen LogP) is 4.53. The minimum absolute atomic E-state index is 0.0178. The fourth-order valence-electron chi connectivity index (χ4n) is 6.99. The normalized spacial score (nSPS) is 29.7. The number of esters is 1. The van der Waals surface area contributed by atoms with Gasteiger partial charge in [-0.05, 0) is 65.5 Å². The molecule has 58 heavy (non-hydrogen) atoms. The first-order valence-corrected chi connectivity index (χ1v) is 19.9. The maximum Gasteiger partial charge on any atom is 0.304 e. The Morgan fingerprint density at radius 3 is 2.34 bits per heavy atom. The molecule has 0 saturated carbocycles. The van der Waals surface area contributed by atoms with Crippen molar-refractivity contribution >= 4 is 35.4 Å². The molecule has 0 aromatic heterocycles. The fourth-order valence-corrected chi connectivity index (χ4v) is 6.99. The molecule has 0 radical (unpaired) electrons. The Kier molecular flexibility index (Phi) is 15.4. The zero-order valence-corrected chi connectivity index (χ0v) is 35.0. The smallest absolute Gasteiger partial charge is 0.304 e. The standard InChI is InChI=1S/C41H52N4O11.C2H6/c1-22-11-10-15-41(6,53)23(2)13-14-28(47)24(3)29(55-26(5)46)12-8-9-20-54-40-37(51)32-30-31(34(48)25(4)38(32)56-40)36(50)33(43-39(22)52)27(35(30)49)21-42-45-18-16-44(7)17-19-45;1-2/h9-11,15,20-21,23-24,28-29,40,47-48,53H,8,12-14,16-19H2,1-7H3,(H,43,52);1-2H3/b15-10+,20-9+,22-11-,42-21+;/t23?,24-,28?,29?,40?,41?;/m1./s1. The van der Waals surface area contributed by atoms with Gasteiger partial charge in [-0.3, -0.25) is 29.0 Å². The third-order valence-electron chi connectivity index (χ3n) is 11.1. The monoisotopic (exact) mass is 806 g/mol. The van der Waals surface area contributed by atoms with E-state index in [0.717, 1.165) is 0 Å². The zero-order valence-electron chi connectivity index (χ0n) is 35.0. The number of hydrogen-bond donors (Lipinski definition) is 4. The topological polar surface area (TPSA) is 205 Å². The number of Topliss-reactive ketones (excluding diaryl/α,β-unsaturated/α-hetero) is 3. The first kappa shape index (κ1) is 45.6. The van der Waals surface area contributed by atoms with E-state index in [1.165, 1.54) is 51.5 Å². The van der Waals surface area contributed by atoms with Gasteiger partial charge in [-0.2, -0.15) is 5.10 Å². The van der Waals surface area contributed by atoms with Crippen molar-refractivity contribution in [2.45, 2.75) is 105 Å². The molecule has 1 aromatic carbocycles. The van der Waals surface area contributed by atoms with E-state index in [-0.39, 0.29) is 39.5 Å². The lowest BCUT2D eigenvalue weighted by atomic mass is 9.81. The number of aliphatic hydroxyl groups excluding tert-OH is 1. The lowest BCUT2D eigenvalue weighted by molar-refractivity contribution is -0.151. The third kappa shape index (κ3) is 10.1. The maximum atomic E-state index is 14.5. The number of fused-ring (bicyclic) bond motifs is 15. The number of carbonyl (C=O) groups excluding carboxylic acids is 5. The SMILES string of the molecule is CC.CC(=O)OC1CC/C=C/OC2Oc3c(C)c(O)c4c(c3C2=O)C(=O)C(/C=N/N2CCN(C)CC2)=C(NC(=O)/C(C)=C\C=C\C(C)(O)C(C)CCC(O)[C@H]1C)C4=O. The molecule has 1 amide bonds. The maximum absolute atomic E-state index is 14.5. The lowest BCUT2D eigenvalue weighted by Gasteiger charge is -2.31. The van der Waals surface area contributed by atoms with E-state index in [1.54, 1.807) is 24.9 Å². The summed E-state index contributed by atoms with van der Waals surface area (Å²) in [5.74, 6) is -5.26. The third-order valence-corrected chi connectivity index (χ3v) is 11.1. The van der Waals surface area contributed by atoms with Crippen LogP contribution in [0, 0.1) is 18.8 Å². The molecule has 1 aromatic rings. The van der Waals surface area contributed by atoms with Crippen LogP contribution in [0.3, 0.4) is 0 Å². The van der Waals surface area contributed by atoms with Crippen LogP contribution in [0.25, 0.3) is 0 Å². The van der Waals surface area contributed by atoms with Crippen molar-refractivity contribution in [2.75, 3.05) is 33.2 Å². The molecule has 15 heteroatoms. The number of piperazine rings is 1. The number of phenols is 1. The zero-order chi connectivity index (χ0) is 43.1. The molecular weight excluding hydrogens is 748 g/mol. The number of hydrogen-bond acceptors (Lipinski definition) is 14. The Balaban J connectivity index is 0.00000366. The molecular formula is C43H58N4O11. The van der Waals surface area contributed by atoms with Crippen LogP contribution in [-0.2, 0) is 19.1 Å². The number of allylic oxidation sites excluding steroid dienone is 5. The van der Waals surface area contributed by atoms with Crippen LogP contribution in [-0.4, -0.2) is 118 Å². The molecule has 316 valence electrons.